The van der Waals surface area contributed by atoms with Crippen molar-refractivity contribution < 1.29 is 9.53 Å². The zero-order valence-corrected chi connectivity index (χ0v) is 16.4. The van der Waals surface area contributed by atoms with Crippen molar-refractivity contribution in [2.75, 3.05) is 51.3 Å². The highest BCUT2D eigenvalue weighted by molar-refractivity contribution is 5.96. The van der Waals surface area contributed by atoms with Crippen LogP contribution < -0.4 is 5.32 Å². The van der Waals surface area contributed by atoms with Gasteiger partial charge in [-0.3, -0.25) is 14.6 Å². The molecule has 1 amide bonds. The topological polar surface area (TPSA) is 44.8 Å². The van der Waals surface area contributed by atoms with Gasteiger partial charge in [0.05, 0.1) is 19.3 Å². The molecule has 0 spiro atoms. The molecule has 5 heteroatoms. The molecule has 3 aliphatic rings. The molecular formula is C22H33N3O2. The van der Waals surface area contributed by atoms with E-state index in [-0.39, 0.29) is 11.9 Å². The summed E-state index contributed by atoms with van der Waals surface area (Å²) < 4.78 is 5.42. The van der Waals surface area contributed by atoms with Gasteiger partial charge in [0.15, 0.2) is 0 Å². The Morgan fingerprint density at radius 3 is 2.63 bits per heavy atom. The van der Waals surface area contributed by atoms with Crippen LogP contribution in [0.15, 0.2) is 24.3 Å². The van der Waals surface area contributed by atoms with Gasteiger partial charge in [-0.1, -0.05) is 18.2 Å². The number of para-hydroxylation sites is 1. The number of piperidine rings is 1. The number of ether oxygens (including phenoxy) is 1. The summed E-state index contributed by atoms with van der Waals surface area (Å²) in [5, 5.41) is 3.16. The Morgan fingerprint density at radius 2 is 1.81 bits per heavy atom. The van der Waals surface area contributed by atoms with Gasteiger partial charge in [0.1, 0.15) is 0 Å². The minimum absolute atomic E-state index is 0.0340. The van der Waals surface area contributed by atoms with E-state index in [9.17, 15) is 4.79 Å². The number of morpholine rings is 1. The van der Waals surface area contributed by atoms with E-state index >= 15 is 0 Å². The first-order chi connectivity index (χ1) is 13.3. The van der Waals surface area contributed by atoms with E-state index in [1.165, 1.54) is 37.8 Å². The molecule has 0 radical (unpaired) electrons. The molecule has 0 saturated carbocycles. The van der Waals surface area contributed by atoms with Crippen LogP contribution in [0.1, 0.15) is 37.7 Å². The van der Waals surface area contributed by atoms with Crippen molar-refractivity contribution in [3.05, 3.63) is 29.8 Å². The number of benzene rings is 1. The number of nitrogens with one attached hydrogen (secondary N) is 1. The fraction of sp³-hybridized carbons (Fsp3) is 0.682. The molecule has 4 rings (SSSR count). The maximum atomic E-state index is 12.7. The van der Waals surface area contributed by atoms with Gasteiger partial charge in [-0.25, -0.2) is 0 Å². The van der Waals surface area contributed by atoms with Crippen LogP contribution in [0.5, 0.6) is 0 Å². The standard InChI is InChI=1S/C22H33N3O2/c26-22-21(8-7-19-5-1-2-6-20(19)23-22)25-12-9-18(10-13-25)4-3-11-24-14-16-27-17-15-24/h1-2,5-6,18,21H,3-4,7-17H2,(H,23,26)/t21-/m1/s1. The predicted octanol–water partition coefficient (Wildman–Crippen LogP) is 2.76. The fourth-order valence-corrected chi connectivity index (χ4v) is 4.83. The van der Waals surface area contributed by atoms with Crippen molar-refractivity contribution in [2.45, 2.75) is 44.6 Å². The highest BCUT2D eigenvalue weighted by atomic mass is 16.5. The predicted molar refractivity (Wildman–Crippen MR) is 108 cm³/mol. The Labute approximate surface area is 163 Å². The Morgan fingerprint density at radius 1 is 1.04 bits per heavy atom. The second kappa shape index (κ2) is 9.18. The molecule has 3 heterocycles. The monoisotopic (exact) mass is 371 g/mol. The number of aryl methyl sites for hydroxylation is 1. The van der Waals surface area contributed by atoms with Crippen molar-refractivity contribution in [3.8, 4) is 0 Å². The number of likely N-dealkylation sites (tertiary alicyclic amines) is 1. The lowest BCUT2D eigenvalue weighted by Gasteiger charge is -2.36. The molecule has 2 saturated heterocycles. The van der Waals surface area contributed by atoms with Crippen LogP contribution in [0, 0.1) is 5.92 Å². The molecule has 0 aliphatic carbocycles. The Bertz CT molecular complexity index is 622. The van der Waals surface area contributed by atoms with E-state index in [2.05, 4.69) is 27.2 Å². The fourth-order valence-electron chi connectivity index (χ4n) is 4.83. The molecular weight excluding hydrogens is 338 g/mol. The van der Waals surface area contributed by atoms with Gasteiger partial charge >= 0.3 is 0 Å². The van der Waals surface area contributed by atoms with Crippen molar-refractivity contribution >= 4 is 11.6 Å². The summed E-state index contributed by atoms with van der Waals surface area (Å²) in [5.41, 5.74) is 2.27. The van der Waals surface area contributed by atoms with E-state index in [1.807, 2.05) is 12.1 Å². The second-order valence-corrected chi connectivity index (χ2v) is 8.28. The van der Waals surface area contributed by atoms with Crippen LogP contribution in [-0.4, -0.2) is 67.7 Å². The average Bonchev–Trinajstić information content (AvgIpc) is 2.88. The summed E-state index contributed by atoms with van der Waals surface area (Å²) in [6.45, 7) is 7.33. The second-order valence-electron chi connectivity index (χ2n) is 8.28. The molecule has 0 unspecified atom stereocenters. The molecule has 1 N–H and O–H groups in total. The van der Waals surface area contributed by atoms with Crippen LogP contribution in [0.25, 0.3) is 0 Å². The van der Waals surface area contributed by atoms with Gasteiger partial charge in [0, 0.05) is 18.8 Å². The zero-order chi connectivity index (χ0) is 18.5. The van der Waals surface area contributed by atoms with E-state index in [0.717, 1.165) is 63.8 Å². The highest BCUT2D eigenvalue weighted by Crippen LogP contribution is 2.28. The third-order valence-corrected chi connectivity index (χ3v) is 6.55. The maximum absolute atomic E-state index is 12.7. The molecule has 27 heavy (non-hydrogen) atoms. The SMILES string of the molecule is O=C1Nc2ccccc2CC[C@H]1N1CCC(CCCN2CCOCC2)CC1. The zero-order valence-electron chi connectivity index (χ0n) is 16.4. The molecule has 1 aromatic carbocycles. The van der Waals surface area contributed by atoms with E-state index in [0.29, 0.717) is 0 Å². The van der Waals surface area contributed by atoms with Crippen LogP contribution in [0.2, 0.25) is 0 Å². The molecule has 2 fully saturated rings. The number of rotatable bonds is 5. The molecule has 148 valence electrons. The van der Waals surface area contributed by atoms with Crippen molar-refractivity contribution in [1.29, 1.82) is 0 Å². The molecule has 3 aliphatic heterocycles. The van der Waals surface area contributed by atoms with Gasteiger partial charge in [-0.15, -0.1) is 0 Å². The molecule has 1 aromatic rings. The van der Waals surface area contributed by atoms with Crippen molar-refractivity contribution in [2.24, 2.45) is 5.92 Å². The van der Waals surface area contributed by atoms with Gasteiger partial charge in [0.2, 0.25) is 5.91 Å². The maximum Gasteiger partial charge on any atom is 0.241 e. The summed E-state index contributed by atoms with van der Waals surface area (Å²) >= 11 is 0. The number of anilines is 1. The summed E-state index contributed by atoms with van der Waals surface area (Å²) in [4.78, 5) is 17.7. The van der Waals surface area contributed by atoms with Crippen molar-refractivity contribution in [1.82, 2.24) is 9.80 Å². The third kappa shape index (κ3) is 4.89. The Kier molecular flexibility index (Phi) is 6.43. The van der Waals surface area contributed by atoms with Crippen LogP contribution in [0.3, 0.4) is 0 Å². The van der Waals surface area contributed by atoms with E-state index in [1.54, 1.807) is 0 Å². The average molecular weight is 372 g/mol. The Balaban J connectivity index is 1.21. The van der Waals surface area contributed by atoms with Gasteiger partial charge < -0.3 is 10.1 Å². The molecule has 0 bridgehead atoms. The minimum Gasteiger partial charge on any atom is -0.379 e. The number of fused-ring (bicyclic) bond motifs is 1. The van der Waals surface area contributed by atoms with Gasteiger partial charge in [0.25, 0.3) is 0 Å². The normalized spacial score (nSPS) is 25.6. The Hall–Kier alpha value is -1.43. The summed E-state index contributed by atoms with van der Waals surface area (Å²) in [5.74, 6) is 1.01. The van der Waals surface area contributed by atoms with E-state index in [4.69, 9.17) is 4.74 Å². The highest BCUT2D eigenvalue weighted by Gasteiger charge is 2.31. The lowest BCUT2D eigenvalue weighted by Crippen LogP contribution is -2.47. The smallest absolute Gasteiger partial charge is 0.241 e. The molecule has 5 nitrogen and oxygen atoms in total. The summed E-state index contributed by atoms with van der Waals surface area (Å²) in [6, 6.07) is 8.26. The first kappa shape index (κ1) is 18.9. The summed E-state index contributed by atoms with van der Waals surface area (Å²) in [7, 11) is 0. The number of carbonyl (C=O) groups excluding carboxylic acids is 1. The largest absolute Gasteiger partial charge is 0.379 e. The lowest BCUT2D eigenvalue weighted by molar-refractivity contribution is -0.122. The quantitative estimate of drug-likeness (QED) is 0.864. The van der Waals surface area contributed by atoms with E-state index < -0.39 is 0 Å². The third-order valence-electron chi connectivity index (χ3n) is 6.55. The molecule has 1 atom stereocenters. The lowest BCUT2D eigenvalue weighted by atomic mass is 9.90. The van der Waals surface area contributed by atoms with Gasteiger partial charge in [-0.05, 0) is 75.7 Å². The molecule has 0 aromatic heterocycles. The minimum atomic E-state index is 0.0340. The van der Waals surface area contributed by atoms with Crippen molar-refractivity contribution in [3.63, 3.8) is 0 Å². The van der Waals surface area contributed by atoms with Crippen LogP contribution >= 0.6 is 0 Å². The number of hydrogen-bond donors (Lipinski definition) is 1. The number of nitrogens with zero attached hydrogens (tertiary/aromatic N) is 2. The number of amides is 1. The summed E-state index contributed by atoms with van der Waals surface area (Å²) in [6.07, 6.45) is 7.01. The first-order valence-corrected chi connectivity index (χ1v) is 10.7. The number of carbonyl (C=O) groups is 1. The first-order valence-electron chi connectivity index (χ1n) is 10.7. The van der Waals surface area contributed by atoms with Crippen LogP contribution in [-0.2, 0) is 16.0 Å². The number of hydrogen-bond acceptors (Lipinski definition) is 4. The van der Waals surface area contributed by atoms with Gasteiger partial charge in [-0.2, -0.15) is 0 Å². The van der Waals surface area contributed by atoms with Crippen LogP contribution in [0.4, 0.5) is 5.69 Å².